The number of pyridine rings is 1. The summed E-state index contributed by atoms with van der Waals surface area (Å²) in [6.07, 6.45) is 4.96. The summed E-state index contributed by atoms with van der Waals surface area (Å²) in [4.78, 5) is 16.4. The van der Waals surface area contributed by atoms with Gasteiger partial charge >= 0.3 is 0 Å². The highest BCUT2D eigenvalue weighted by atomic mass is 16.3. The van der Waals surface area contributed by atoms with E-state index in [4.69, 9.17) is 4.42 Å². The average Bonchev–Trinajstić information content (AvgIpc) is 3.09. The highest BCUT2D eigenvalue weighted by molar-refractivity contribution is 5.91. The predicted molar refractivity (Wildman–Crippen MR) is 83.4 cm³/mol. The molecular weight excluding hydrogens is 276 g/mol. The van der Waals surface area contributed by atoms with Gasteiger partial charge in [-0.2, -0.15) is 0 Å². The Kier molecular flexibility index (Phi) is 4.01. The second-order valence-electron chi connectivity index (χ2n) is 5.08. The fourth-order valence-electron chi connectivity index (χ4n) is 2.27. The summed E-state index contributed by atoms with van der Waals surface area (Å²) in [7, 11) is 0. The van der Waals surface area contributed by atoms with E-state index < -0.39 is 0 Å². The Morgan fingerprint density at radius 3 is 2.55 bits per heavy atom. The number of carbonyl (C=O) groups excluding carboxylic acids is 1. The molecule has 1 atom stereocenters. The average molecular weight is 292 g/mol. The fraction of sp³-hybridized carbons (Fsp3) is 0.111. The molecule has 3 rings (SSSR count). The van der Waals surface area contributed by atoms with Gasteiger partial charge in [-0.3, -0.25) is 9.78 Å². The lowest BCUT2D eigenvalue weighted by atomic mass is 9.99. The normalized spacial score (nSPS) is 11.9. The number of aryl methyl sites for hydroxylation is 1. The molecule has 0 saturated heterocycles. The van der Waals surface area contributed by atoms with Crippen molar-refractivity contribution in [2.24, 2.45) is 0 Å². The Morgan fingerprint density at radius 1 is 1.09 bits per heavy atom. The molecule has 0 spiro atoms. The van der Waals surface area contributed by atoms with Crippen LogP contribution in [0, 0.1) is 6.92 Å². The highest BCUT2D eigenvalue weighted by Crippen LogP contribution is 2.22. The molecule has 2 heterocycles. The monoisotopic (exact) mass is 292 g/mol. The van der Waals surface area contributed by atoms with Crippen LogP contribution >= 0.6 is 0 Å². The maximum Gasteiger partial charge on any atom is 0.287 e. The van der Waals surface area contributed by atoms with Gasteiger partial charge in [-0.1, -0.05) is 35.9 Å². The molecule has 0 saturated carbocycles. The maximum atomic E-state index is 12.3. The highest BCUT2D eigenvalue weighted by Gasteiger charge is 2.19. The Bertz CT molecular complexity index is 735. The number of aromatic nitrogens is 1. The SMILES string of the molecule is Cc1ccc([C@H](NC(=O)c2ccco2)c2cccnc2)cc1. The van der Waals surface area contributed by atoms with Gasteiger partial charge in [0.1, 0.15) is 0 Å². The lowest BCUT2D eigenvalue weighted by Crippen LogP contribution is -2.29. The van der Waals surface area contributed by atoms with Crippen molar-refractivity contribution in [3.05, 3.63) is 89.6 Å². The van der Waals surface area contributed by atoms with Crippen molar-refractivity contribution >= 4 is 5.91 Å². The zero-order valence-corrected chi connectivity index (χ0v) is 12.2. The first kappa shape index (κ1) is 14.1. The third-order valence-corrected chi connectivity index (χ3v) is 3.45. The first-order chi connectivity index (χ1) is 10.7. The first-order valence-electron chi connectivity index (χ1n) is 7.05. The summed E-state index contributed by atoms with van der Waals surface area (Å²) in [6, 6.07) is 14.9. The van der Waals surface area contributed by atoms with Crippen molar-refractivity contribution in [2.45, 2.75) is 13.0 Å². The number of nitrogens with zero attached hydrogens (tertiary/aromatic N) is 1. The quantitative estimate of drug-likeness (QED) is 0.800. The molecule has 0 bridgehead atoms. The lowest BCUT2D eigenvalue weighted by molar-refractivity contribution is 0.0915. The number of amides is 1. The second kappa shape index (κ2) is 6.26. The number of hydrogen-bond donors (Lipinski definition) is 1. The number of nitrogens with one attached hydrogen (secondary N) is 1. The van der Waals surface area contributed by atoms with Crippen LogP contribution in [-0.4, -0.2) is 10.9 Å². The summed E-state index contributed by atoms with van der Waals surface area (Å²) in [6.45, 7) is 2.03. The molecule has 1 amide bonds. The summed E-state index contributed by atoms with van der Waals surface area (Å²) in [5, 5.41) is 3.00. The third kappa shape index (κ3) is 3.06. The van der Waals surface area contributed by atoms with Crippen molar-refractivity contribution in [1.29, 1.82) is 0 Å². The molecule has 3 aromatic rings. The van der Waals surface area contributed by atoms with Crippen LogP contribution < -0.4 is 5.32 Å². The van der Waals surface area contributed by atoms with Crippen LogP contribution in [-0.2, 0) is 0 Å². The summed E-state index contributed by atoms with van der Waals surface area (Å²) in [5.74, 6) is 0.0421. The van der Waals surface area contributed by atoms with E-state index in [0.717, 1.165) is 11.1 Å². The molecule has 1 N–H and O–H groups in total. The van der Waals surface area contributed by atoms with Gasteiger partial charge in [-0.05, 0) is 36.2 Å². The van der Waals surface area contributed by atoms with Crippen molar-refractivity contribution in [3.63, 3.8) is 0 Å². The van der Waals surface area contributed by atoms with Gasteiger partial charge in [0, 0.05) is 12.4 Å². The van der Waals surface area contributed by atoms with Crippen LogP contribution in [0.2, 0.25) is 0 Å². The van der Waals surface area contributed by atoms with Crippen LogP contribution in [0.3, 0.4) is 0 Å². The molecule has 0 aliphatic carbocycles. The van der Waals surface area contributed by atoms with Gasteiger partial charge < -0.3 is 9.73 Å². The van der Waals surface area contributed by atoms with Crippen LogP contribution in [0.25, 0.3) is 0 Å². The van der Waals surface area contributed by atoms with E-state index in [2.05, 4.69) is 10.3 Å². The summed E-state index contributed by atoms with van der Waals surface area (Å²) >= 11 is 0. The number of hydrogen-bond acceptors (Lipinski definition) is 3. The van der Waals surface area contributed by atoms with E-state index in [1.807, 2.05) is 43.3 Å². The Morgan fingerprint density at radius 2 is 1.91 bits per heavy atom. The van der Waals surface area contributed by atoms with Crippen LogP contribution in [0.4, 0.5) is 0 Å². The van der Waals surface area contributed by atoms with E-state index >= 15 is 0 Å². The van der Waals surface area contributed by atoms with Gasteiger partial charge in [0.05, 0.1) is 12.3 Å². The largest absolute Gasteiger partial charge is 0.459 e. The number of benzene rings is 1. The van der Waals surface area contributed by atoms with Crippen LogP contribution in [0.1, 0.15) is 33.3 Å². The zero-order valence-electron chi connectivity index (χ0n) is 12.2. The Balaban J connectivity index is 1.93. The molecule has 0 aliphatic heterocycles. The predicted octanol–water partition coefficient (Wildman–Crippen LogP) is 3.50. The molecule has 4 heteroatoms. The molecule has 2 aromatic heterocycles. The van der Waals surface area contributed by atoms with Gasteiger partial charge in [0.2, 0.25) is 0 Å². The molecule has 22 heavy (non-hydrogen) atoms. The molecular formula is C18H16N2O2. The molecule has 0 aliphatic rings. The second-order valence-corrected chi connectivity index (χ2v) is 5.08. The molecule has 0 unspecified atom stereocenters. The maximum absolute atomic E-state index is 12.3. The minimum Gasteiger partial charge on any atom is -0.459 e. The smallest absolute Gasteiger partial charge is 0.287 e. The summed E-state index contributed by atoms with van der Waals surface area (Å²) < 4.78 is 5.16. The molecule has 0 fully saturated rings. The standard InChI is InChI=1S/C18H16N2O2/c1-13-6-8-14(9-7-13)17(15-4-2-10-19-12-15)20-18(21)16-5-3-11-22-16/h2-12,17H,1H3,(H,20,21)/t17-/m0/s1. The first-order valence-corrected chi connectivity index (χ1v) is 7.05. The van der Waals surface area contributed by atoms with Crippen LogP contribution in [0.15, 0.2) is 71.6 Å². The number of furan rings is 1. The summed E-state index contributed by atoms with van der Waals surface area (Å²) in [5.41, 5.74) is 3.09. The molecule has 0 radical (unpaired) electrons. The zero-order chi connectivity index (χ0) is 15.4. The van der Waals surface area contributed by atoms with Crippen molar-refractivity contribution in [3.8, 4) is 0 Å². The van der Waals surface area contributed by atoms with E-state index in [-0.39, 0.29) is 11.9 Å². The molecule has 4 nitrogen and oxygen atoms in total. The van der Waals surface area contributed by atoms with Gasteiger partial charge in [0.25, 0.3) is 5.91 Å². The van der Waals surface area contributed by atoms with Crippen LogP contribution in [0.5, 0.6) is 0 Å². The molecule has 1 aromatic carbocycles. The molecule has 110 valence electrons. The van der Waals surface area contributed by atoms with Crippen molar-refractivity contribution in [2.75, 3.05) is 0 Å². The van der Waals surface area contributed by atoms with E-state index in [1.54, 1.807) is 24.5 Å². The Labute approximate surface area is 128 Å². The van der Waals surface area contributed by atoms with Crippen molar-refractivity contribution in [1.82, 2.24) is 10.3 Å². The Hall–Kier alpha value is -2.88. The lowest BCUT2D eigenvalue weighted by Gasteiger charge is -2.19. The minimum absolute atomic E-state index is 0.251. The minimum atomic E-state index is -0.271. The van der Waals surface area contributed by atoms with Gasteiger partial charge in [0.15, 0.2) is 5.76 Å². The van der Waals surface area contributed by atoms with Gasteiger partial charge in [-0.25, -0.2) is 0 Å². The third-order valence-electron chi connectivity index (χ3n) is 3.45. The fourth-order valence-corrected chi connectivity index (χ4v) is 2.27. The number of rotatable bonds is 4. The number of carbonyl (C=O) groups is 1. The van der Waals surface area contributed by atoms with E-state index in [9.17, 15) is 4.79 Å². The van der Waals surface area contributed by atoms with E-state index in [1.165, 1.54) is 11.8 Å². The topological polar surface area (TPSA) is 55.1 Å². The van der Waals surface area contributed by atoms with Crippen molar-refractivity contribution < 1.29 is 9.21 Å². The van der Waals surface area contributed by atoms with E-state index in [0.29, 0.717) is 5.76 Å². The van der Waals surface area contributed by atoms with Gasteiger partial charge in [-0.15, -0.1) is 0 Å².